The molecule has 0 fully saturated rings. The number of thiazole rings is 1. The number of rotatable bonds is 3. The Hall–Kier alpha value is -3.65. The van der Waals surface area contributed by atoms with Gasteiger partial charge in [0.25, 0.3) is 5.56 Å². The molecule has 0 saturated carbocycles. The van der Waals surface area contributed by atoms with Gasteiger partial charge in [-0.3, -0.25) is 9.78 Å². The third-order valence-corrected chi connectivity index (χ3v) is 5.09. The predicted octanol–water partition coefficient (Wildman–Crippen LogP) is 3.16. The van der Waals surface area contributed by atoms with Gasteiger partial charge in [0.05, 0.1) is 0 Å². The van der Waals surface area contributed by atoms with Gasteiger partial charge in [-0.2, -0.15) is 9.50 Å². The topological polar surface area (TPSA) is 73.3 Å². The molecule has 6 nitrogen and oxygen atoms in total. The monoisotopic (exact) mass is 390 g/mol. The van der Waals surface area contributed by atoms with Crippen molar-refractivity contribution in [3.8, 4) is 22.7 Å². The zero-order valence-electron chi connectivity index (χ0n) is 14.2. The summed E-state index contributed by atoms with van der Waals surface area (Å²) in [4.78, 5) is 21.6. The molecule has 0 amide bonds. The summed E-state index contributed by atoms with van der Waals surface area (Å²) in [6, 6.07) is 13.2. The fourth-order valence-corrected chi connectivity index (χ4v) is 3.67. The van der Waals surface area contributed by atoms with Crippen LogP contribution in [0.15, 0.2) is 70.1 Å². The third kappa shape index (κ3) is 2.89. The molecule has 8 heteroatoms. The van der Waals surface area contributed by atoms with Crippen molar-refractivity contribution in [3.63, 3.8) is 0 Å². The summed E-state index contributed by atoms with van der Waals surface area (Å²) in [5.74, 6) is 1.27. The minimum Gasteiger partial charge on any atom is -0.457 e. The zero-order chi connectivity index (χ0) is 19.1. The second-order valence-electron chi connectivity index (χ2n) is 6.00. The summed E-state index contributed by atoms with van der Waals surface area (Å²) in [7, 11) is 0. The van der Waals surface area contributed by atoms with E-state index in [1.165, 1.54) is 28.0 Å². The van der Waals surface area contributed by atoms with E-state index in [4.69, 9.17) is 4.42 Å². The largest absolute Gasteiger partial charge is 0.457 e. The van der Waals surface area contributed by atoms with Gasteiger partial charge in [-0.1, -0.05) is 11.3 Å². The number of halogens is 1. The molecular weight excluding hydrogens is 379 g/mol. The average molecular weight is 390 g/mol. The summed E-state index contributed by atoms with van der Waals surface area (Å²) < 4.78 is 20.6. The first-order chi connectivity index (χ1) is 13.7. The molecule has 0 saturated heterocycles. The Bertz CT molecular complexity index is 1390. The number of pyridine rings is 1. The number of hydrogen-bond acceptors (Lipinski definition) is 6. The quantitative estimate of drug-likeness (QED) is 0.473. The van der Waals surface area contributed by atoms with E-state index in [1.54, 1.807) is 48.8 Å². The Morgan fingerprint density at radius 1 is 1.07 bits per heavy atom. The van der Waals surface area contributed by atoms with Gasteiger partial charge < -0.3 is 4.42 Å². The lowest BCUT2D eigenvalue weighted by Crippen LogP contribution is -2.23. The summed E-state index contributed by atoms with van der Waals surface area (Å²) >= 11 is 1.23. The fraction of sp³-hybridized carbons (Fsp3) is 0. The molecule has 0 atom stereocenters. The van der Waals surface area contributed by atoms with E-state index in [0.29, 0.717) is 26.8 Å². The molecule has 5 rings (SSSR count). The van der Waals surface area contributed by atoms with Crippen molar-refractivity contribution in [2.24, 2.45) is 0 Å². The minimum atomic E-state index is -0.307. The Morgan fingerprint density at radius 2 is 1.93 bits per heavy atom. The molecular formula is C20H11FN4O2S. The Labute approximate surface area is 161 Å². The van der Waals surface area contributed by atoms with Crippen molar-refractivity contribution in [2.75, 3.05) is 0 Å². The maximum Gasteiger partial charge on any atom is 0.291 e. The summed E-state index contributed by atoms with van der Waals surface area (Å²) in [6.45, 7) is 0. The molecule has 0 aliphatic carbocycles. The van der Waals surface area contributed by atoms with Crippen molar-refractivity contribution in [1.29, 1.82) is 0 Å². The summed E-state index contributed by atoms with van der Waals surface area (Å²) in [5.41, 5.74) is 1.24. The lowest BCUT2D eigenvalue weighted by atomic mass is 10.2. The van der Waals surface area contributed by atoms with Gasteiger partial charge in [0, 0.05) is 29.6 Å². The first-order valence-electron chi connectivity index (χ1n) is 8.35. The highest BCUT2D eigenvalue weighted by Gasteiger charge is 2.12. The molecule has 4 aromatic heterocycles. The smallest absolute Gasteiger partial charge is 0.291 e. The highest BCUT2D eigenvalue weighted by atomic mass is 32.1. The zero-order valence-corrected chi connectivity index (χ0v) is 15.1. The highest BCUT2D eigenvalue weighted by molar-refractivity contribution is 7.15. The van der Waals surface area contributed by atoms with Gasteiger partial charge in [0.15, 0.2) is 5.82 Å². The van der Waals surface area contributed by atoms with E-state index >= 15 is 0 Å². The average Bonchev–Trinajstić information content (AvgIpc) is 3.41. The van der Waals surface area contributed by atoms with Gasteiger partial charge in [-0.25, -0.2) is 4.39 Å². The second kappa shape index (κ2) is 6.50. The SMILES string of the molecule is O=c1c(=Cc2ccc(-c3ccc(F)cc3)o2)sc2nc(-c3cccnc3)nn12. The minimum absolute atomic E-state index is 0.262. The van der Waals surface area contributed by atoms with Crippen LogP contribution in [0.3, 0.4) is 0 Å². The van der Waals surface area contributed by atoms with Crippen LogP contribution in [0.25, 0.3) is 33.7 Å². The maximum absolute atomic E-state index is 13.1. The lowest BCUT2D eigenvalue weighted by molar-refractivity contribution is 0.571. The Morgan fingerprint density at radius 3 is 2.68 bits per heavy atom. The molecule has 136 valence electrons. The molecule has 0 N–H and O–H groups in total. The first kappa shape index (κ1) is 16.5. The molecule has 0 radical (unpaired) electrons. The molecule has 0 unspecified atom stereocenters. The standard InChI is InChI=1S/C20H11FN4O2S/c21-14-5-3-12(4-6-14)16-8-7-15(27-16)10-17-19(26)25-20(28-17)23-18(24-25)13-2-1-9-22-11-13/h1-11H. The number of hydrogen-bond donors (Lipinski definition) is 0. The maximum atomic E-state index is 13.1. The van der Waals surface area contributed by atoms with Crippen LogP contribution < -0.4 is 10.1 Å². The van der Waals surface area contributed by atoms with Gasteiger partial charge in [0.2, 0.25) is 4.96 Å². The Kier molecular flexibility index (Phi) is 3.84. The molecule has 4 heterocycles. The van der Waals surface area contributed by atoms with Gasteiger partial charge in [0.1, 0.15) is 21.9 Å². The van der Waals surface area contributed by atoms with E-state index in [1.807, 2.05) is 6.07 Å². The molecule has 1 aromatic carbocycles. The van der Waals surface area contributed by atoms with Crippen LogP contribution in [0, 0.1) is 5.82 Å². The fourth-order valence-electron chi connectivity index (χ4n) is 2.78. The van der Waals surface area contributed by atoms with Crippen molar-refractivity contribution in [1.82, 2.24) is 19.6 Å². The summed E-state index contributed by atoms with van der Waals surface area (Å²) in [5, 5.41) is 4.28. The van der Waals surface area contributed by atoms with Gasteiger partial charge in [-0.05, 0) is 48.5 Å². The first-order valence-corrected chi connectivity index (χ1v) is 9.16. The molecule has 0 spiro atoms. The van der Waals surface area contributed by atoms with E-state index in [0.717, 1.165) is 11.1 Å². The van der Waals surface area contributed by atoms with Crippen LogP contribution in [0.1, 0.15) is 5.76 Å². The number of nitrogens with zero attached hydrogens (tertiary/aromatic N) is 4. The molecule has 0 aliphatic rings. The van der Waals surface area contributed by atoms with Crippen LogP contribution in [-0.4, -0.2) is 19.6 Å². The second-order valence-corrected chi connectivity index (χ2v) is 7.01. The lowest BCUT2D eigenvalue weighted by Gasteiger charge is -1.95. The predicted molar refractivity (Wildman–Crippen MR) is 103 cm³/mol. The third-order valence-electron chi connectivity index (χ3n) is 4.13. The van der Waals surface area contributed by atoms with Crippen molar-refractivity contribution in [2.45, 2.75) is 0 Å². The van der Waals surface area contributed by atoms with E-state index in [2.05, 4.69) is 15.1 Å². The van der Waals surface area contributed by atoms with Crippen LogP contribution in [0.4, 0.5) is 4.39 Å². The van der Waals surface area contributed by atoms with Crippen molar-refractivity contribution >= 4 is 22.4 Å². The molecule has 28 heavy (non-hydrogen) atoms. The molecule has 0 bridgehead atoms. The van der Waals surface area contributed by atoms with Gasteiger partial charge in [-0.15, -0.1) is 5.10 Å². The van der Waals surface area contributed by atoms with Crippen LogP contribution in [0.2, 0.25) is 0 Å². The number of benzene rings is 1. The van der Waals surface area contributed by atoms with Crippen molar-refractivity contribution in [3.05, 3.63) is 87.4 Å². The molecule has 0 aliphatic heterocycles. The number of aromatic nitrogens is 4. The normalized spacial score (nSPS) is 12.1. The van der Waals surface area contributed by atoms with Crippen LogP contribution in [0.5, 0.6) is 0 Å². The number of fused-ring (bicyclic) bond motifs is 1. The van der Waals surface area contributed by atoms with E-state index in [9.17, 15) is 9.18 Å². The molecule has 5 aromatic rings. The number of furan rings is 1. The van der Waals surface area contributed by atoms with Crippen molar-refractivity contribution < 1.29 is 8.81 Å². The van der Waals surface area contributed by atoms with E-state index in [-0.39, 0.29) is 11.4 Å². The van der Waals surface area contributed by atoms with Gasteiger partial charge >= 0.3 is 0 Å². The Balaban J connectivity index is 1.52. The summed E-state index contributed by atoms with van der Waals surface area (Å²) in [6.07, 6.45) is 4.97. The van der Waals surface area contributed by atoms with Crippen LogP contribution >= 0.6 is 11.3 Å². The van der Waals surface area contributed by atoms with E-state index < -0.39 is 0 Å². The van der Waals surface area contributed by atoms with Crippen LogP contribution in [-0.2, 0) is 0 Å². The highest BCUT2D eigenvalue weighted by Crippen LogP contribution is 2.23.